The number of amides is 1. The van der Waals surface area contributed by atoms with Gasteiger partial charge in [-0.05, 0) is 56.3 Å². The van der Waals surface area contributed by atoms with Crippen LogP contribution in [0.3, 0.4) is 0 Å². The van der Waals surface area contributed by atoms with Crippen LogP contribution < -0.4 is 19.5 Å². The molecule has 0 aromatic heterocycles. The lowest BCUT2D eigenvalue weighted by Gasteiger charge is -2.13. The molecule has 0 aliphatic heterocycles. The third-order valence-electron chi connectivity index (χ3n) is 3.92. The summed E-state index contributed by atoms with van der Waals surface area (Å²) in [6.45, 7) is 5.20. The Kier molecular flexibility index (Phi) is 7.83. The van der Waals surface area contributed by atoms with Crippen LogP contribution in [0.15, 0.2) is 47.4 Å². The number of nitrogens with one attached hydrogen (secondary N) is 2. The second-order valence-corrected chi connectivity index (χ2v) is 7.86. The van der Waals surface area contributed by atoms with Crippen LogP contribution in [0.25, 0.3) is 0 Å². The van der Waals surface area contributed by atoms with Crippen LogP contribution >= 0.6 is 0 Å². The van der Waals surface area contributed by atoms with Gasteiger partial charge in [0.1, 0.15) is 0 Å². The molecule has 0 aliphatic carbocycles. The van der Waals surface area contributed by atoms with Crippen molar-refractivity contribution in [1.29, 1.82) is 0 Å². The van der Waals surface area contributed by atoms with Gasteiger partial charge in [0.2, 0.25) is 10.0 Å². The van der Waals surface area contributed by atoms with Gasteiger partial charge in [0.15, 0.2) is 11.5 Å². The highest BCUT2D eigenvalue weighted by Gasteiger charge is 2.13. The quantitative estimate of drug-likeness (QED) is 0.633. The lowest BCUT2D eigenvalue weighted by molar-refractivity contribution is 0.0950. The Morgan fingerprint density at radius 3 is 2.32 bits per heavy atom. The molecular formula is C20H26N2O5S. The Labute approximate surface area is 166 Å². The van der Waals surface area contributed by atoms with Crippen LogP contribution in [-0.2, 0) is 16.6 Å². The number of carbonyl (C=O) groups is 1. The molecular weight excluding hydrogens is 380 g/mol. The Bertz CT molecular complexity index is 895. The van der Waals surface area contributed by atoms with Crippen LogP contribution in [0, 0.1) is 0 Å². The van der Waals surface area contributed by atoms with E-state index < -0.39 is 10.0 Å². The fourth-order valence-corrected chi connectivity index (χ4v) is 3.17. The van der Waals surface area contributed by atoms with E-state index in [1.165, 1.54) is 19.2 Å². The molecule has 2 aromatic rings. The standard InChI is InChI=1S/C20H26N2O5S/c1-4-12-27-18-11-8-16(13-19(18)26-5-2)20(23)22-14-15-6-9-17(10-7-15)28(24,25)21-3/h6-11,13,21H,4-5,12,14H2,1-3H3,(H,22,23). The lowest BCUT2D eigenvalue weighted by Crippen LogP contribution is -2.23. The minimum absolute atomic E-state index is 0.175. The first-order chi connectivity index (χ1) is 13.4. The first-order valence-corrected chi connectivity index (χ1v) is 10.6. The molecule has 0 saturated heterocycles. The van der Waals surface area contributed by atoms with Crippen molar-refractivity contribution in [3.63, 3.8) is 0 Å². The first-order valence-electron chi connectivity index (χ1n) is 9.11. The molecule has 0 fully saturated rings. The molecule has 0 radical (unpaired) electrons. The maximum atomic E-state index is 12.5. The van der Waals surface area contributed by atoms with Gasteiger partial charge in [0.25, 0.3) is 5.91 Å². The van der Waals surface area contributed by atoms with Crippen molar-refractivity contribution >= 4 is 15.9 Å². The largest absolute Gasteiger partial charge is 0.490 e. The molecule has 2 aromatic carbocycles. The fraction of sp³-hybridized carbons (Fsp3) is 0.350. The number of benzene rings is 2. The topological polar surface area (TPSA) is 93.7 Å². The third-order valence-corrected chi connectivity index (χ3v) is 5.35. The zero-order chi connectivity index (χ0) is 20.6. The zero-order valence-electron chi connectivity index (χ0n) is 16.3. The second kappa shape index (κ2) is 10.1. The fourth-order valence-electron chi connectivity index (χ4n) is 2.44. The molecule has 0 aliphatic rings. The van der Waals surface area contributed by atoms with Crippen LogP contribution in [0.4, 0.5) is 0 Å². The Morgan fingerprint density at radius 2 is 1.71 bits per heavy atom. The summed E-state index contributed by atoms with van der Waals surface area (Å²) >= 11 is 0. The number of hydrogen-bond donors (Lipinski definition) is 2. The van der Waals surface area contributed by atoms with Crippen molar-refractivity contribution in [1.82, 2.24) is 10.0 Å². The predicted molar refractivity (Wildman–Crippen MR) is 107 cm³/mol. The van der Waals surface area contributed by atoms with E-state index >= 15 is 0 Å². The molecule has 0 atom stereocenters. The summed E-state index contributed by atoms with van der Waals surface area (Å²) in [6.07, 6.45) is 0.877. The van der Waals surface area contributed by atoms with E-state index in [1.54, 1.807) is 30.3 Å². The van der Waals surface area contributed by atoms with Crippen molar-refractivity contribution in [2.45, 2.75) is 31.7 Å². The highest BCUT2D eigenvalue weighted by molar-refractivity contribution is 7.89. The summed E-state index contributed by atoms with van der Waals surface area (Å²) in [5.41, 5.74) is 1.25. The molecule has 1 amide bonds. The van der Waals surface area contributed by atoms with Gasteiger partial charge in [-0.1, -0.05) is 19.1 Å². The molecule has 2 rings (SSSR count). The minimum atomic E-state index is -3.47. The van der Waals surface area contributed by atoms with Crippen LogP contribution in [0.2, 0.25) is 0 Å². The normalized spacial score (nSPS) is 11.1. The van der Waals surface area contributed by atoms with Crippen molar-refractivity contribution in [2.24, 2.45) is 0 Å². The first kappa shape index (κ1) is 21.7. The molecule has 0 unspecified atom stereocenters. The smallest absolute Gasteiger partial charge is 0.251 e. The summed E-state index contributed by atoms with van der Waals surface area (Å²) in [4.78, 5) is 12.6. The Balaban J connectivity index is 2.05. The molecule has 0 saturated carbocycles. The maximum Gasteiger partial charge on any atom is 0.251 e. The van der Waals surface area contributed by atoms with Crippen LogP contribution in [0.1, 0.15) is 36.2 Å². The van der Waals surface area contributed by atoms with Gasteiger partial charge in [-0.15, -0.1) is 0 Å². The summed E-state index contributed by atoms with van der Waals surface area (Å²) in [5, 5.41) is 2.82. The number of rotatable bonds is 10. The lowest BCUT2D eigenvalue weighted by atomic mass is 10.1. The van der Waals surface area contributed by atoms with Crippen LogP contribution in [0.5, 0.6) is 11.5 Å². The van der Waals surface area contributed by atoms with Crippen molar-refractivity contribution in [3.05, 3.63) is 53.6 Å². The SMILES string of the molecule is CCCOc1ccc(C(=O)NCc2ccc(S(=O)(=O)NC)cc2)cc1OCC. The minimum Gasteiger partial charge on any atom is -0.490 e. The molecule has 0 spiro atoms. The average molecular weight is 407 g/mol. The number of hydrogen-bond acceptors (Lipinski definition) is 5. The second-order valence-electron chi connectivity index (χ2n) is 5.98. The molecule has 2 N–H and O–H groups in total. The van der Waals surface area contributed by atoms with Gasteiger partial charge in [-0.3, -0.25) is 4.79 Å². The summed E-state index contributed by atoms with van der Waals surface area (Å²) in [6, 6.07) is 11.4. The molecule has 152 valence electrons. The highest BCUT2D eigenvalue weighted by Crippen LogP contribution is 2.28. The molecule has 0 heterocycles. The van der Waals surface area contributed by atoms with Gasteiger partial charge < -0.3 is 14.8 Å². The van der Waals surface area contributed by atoms with E-state index in [4.69, 9.17) is 9.47 Å². The summed E-state index contributed by atoms with van der Waals surface area (Å²) < 4.78 is 37.0. The number of sulfonamides is 1. The van der Waals surface area contributed by atoms with Crippen molar-refractivity contribution in [2.75, 3.05) is 20.3 Å². The van der Waals surface area contributed by atoms with E-state index in [-0.39, 0.29) is 17.3 Å². The van der Waals surface area contributed by atoms with Gasteiger partial charge in [0, 0.05) is 12.1 Å². The van der Waals surface area contributed by atoms with Gasteiger partial charge >= 0.3 is 0 Å². The monoisotopic (exact) mass is 406 g/mol. The Hall–Kier alpha value is -2.58. The van der Waals surface area contributed by atoms with E-state index in [9.17, 15) is 13.2 Å². The Morgan fingerprint density at radius 1 is 1.00 bits per heavy atom. The molecule has 0 bridgehead atoms. The maximum absolute atomic E-state index is 12.5. The third kappa shape index (κ3) is 5.71. The van der Waals surface area contributed by atoms with Crippen LogP contribution in [-0.4, -0.2) is 34.6 Å². The summed E-state index contributed by atoms with van der Waals surface area (Å²) in [5.74, 6) is 0.890. The number of carbonyl (C=O) groups excluding carboxylic acids is 1. The van der Waals surface area contributed by atoms with Crippen molar-refractivity contribution < 1.29 is 22.7 Å². The molecule has 8 heteroatoms. The van der Waals surface area contributed by atoms with Gasteiger partial charge in [-0.2, -0.15) is 0 Å². The van der Waals surface area contributed by atoms with E-state index in [1.807, 2.05) is 13.8 Å². The van der Waals surface area contributed by atoms with E-state index in [2.05, 4.69) is 10.0 Å². The zero-order valence-corrected chi connectivity index (χ0v) is 17.1. The van der Waals surface area contributed by atoms with Crippen molar-refractivity contribution in [3.8, 4) is 11.5 Å². The number of ether oxygens (including phenoxy) is 2. The predicted octanol–water partition coefficient (Wildman–Crippen LogP) is 2.71. The van der Waals surface area contributed by atoms with E-state index in [0.717, 1.165) is 12.0 Å². The van der Waals surface area contributed by atoms with Gasteiger partial charge in [0.05, 0.1) is 18.1 Å². The average Bonchev–Trinajstić information content (AvgIpc) is 2.71. The summed E-state index contributed by atoms with van der Waals surface area (Å²) in [7, 11) is -2.11. The molecule has 28 heavy (non-hydrogen) atoms. The molecule has 7 nitrogen and oxygen atoms in total. The van der Waals surface area contributed by atoms with E-state index in [0.29, 0.717) is 30.3 Å². The highest BCUT2D eigenvalue weighted by atomic mass is 32.2. The van der Waals surface area contributed by atoms with Gasteiger partial charge in [-0.25, -0.2) is 13.1 Å².